The number of halogens is 1. The zero-order valence-electron chi connectivity index (χ0n) is 12.4. The molecular weight excluding hydrogens is 287 g/mol. The summed E-state index contributed by atoms with van der Waals surface area (Å²) < 4.78 is 18.2. The van der Waals surface area contributed by atoms with Crippen molar-refractivity contribution in [3.63, 3.8) is 0 Å². The van der Waals surface area contributed by atoms with Crippen molar-refractivity contribution < 1.29 is 18.7 Å². The third kappa shape index (κ3) is 3.52. The molecule has 0 aliphatic heterocycles. The summed E-state index contributed by atoms with van der Waals surface area (Å²) in [4.78, 5) is 26.7. The molecule has 0 aliphatic carbocycles. The number of ether oxygens (including phenoxy) is 1. The summed E-state index contributed by atoms with van der Waals surface area (Å²) in [5, 5.41) is 2.77. The number of esters is 1. The monoisotopic (exact) mass is 304 g/mol. The van der Waals surface area contributed by atoms with Crippen molar-refractivity contribution >= 4 is 11.9 Å². The Morgan fingerprint density at radius 2 is 2.09 bits per heavy atom. The van der Waals surface area contributed by atoms with Crippen LogP contribution >= 0.6 is 0 Å². The summed E-state index contributed by atoms with van der Waals surface area (Å²) in [6, 6.07) is 9.07. The van der Waals surface area contributed by atoms with E-state index in [-0.39, 0.29) is 12.3 Å². The Labute approximate surface area is 127 Å². The number of hydrogen-bond donors (Lipinski definition) is 2. The zero-order chi connectivity index (χ0) is 16.2. The van der Waals surface area contributed by atoms with Gasteiger partial charge in [-0.15, -0.1) is 0 Å². The Morgan fingerprint density at radius 1 is 1.32 bits per heavy atom. The van der Waals surface area contributed by atoms with Gasteiger partial charge in [0.05, 0.1) is 19.1 Å². The minimum absolute atomic E-state index is 0.112. The lowest BCUT2D eigenvalue weighted by molar-refractivity contribution is -0.142. The van der Waals surface area contributed by atoms with Crippen LogP contribution in [0, 0.1) is 5.82 Å². The zero-order valence-corrected chi connectivity index (χ0v) is 12.4. The van der Waals surface area contributed by atoms with Gasteiger partial charge in [0.1, 0.15) is 11.5 Å². The number of aromatic nitrogens is 1. The second-order valence-corrected chi connectivity index (χ2v) is 5.13. The topological polar surface area (TPSA) is 71.2 Å². The van der Waals surface area contributed by atoms with Crippen LogP contribution in [-0.4, -0.2) is 24.0 Å². The van der Waals surface area contributed by atoms with Crippen molar-refractivity contribution in [1.82, 2.24) is 10.3 Å². The molecule has 6 heteroatoms. The molecular formula is C16H17FN2O3. The van der Waals surface area contributed by atoms with Crippen molar-refractivity contribution in [1.29, 1.82) is 0 Å². The lowest BCUT2D eigenvalue weighted by atomic mass is 9.88. The van der Waals surface area contributed by atoms with E-state index in [4.69, 9.17) is 0 Å². The molecule has 1 unspecified atom stereocenters. The first kappa shape index (κ1) is 15.8. The summed E-state index contributed by atoms with van der Waals surface area (Å²) in [6.07, 6.45) is 1.51. The normalized spacial score (nSPS) is 13.2. The third-order valence-corrected chi connectivity index (χ3v) is 3.42. The van der Waals surface area contributed by atoms with Gasteiger partial charge in [0.15, 0.2) is 0 Å². The number of methoxy groups -OCH3 is 1. The van der Waals surface area contributed by atoms with Crippen LogP contribution in [-0.2, 0) is 15.1 Å². The SMILES string of the molecule is COC(=O)CC(C)(NC(=O)c1ccc[nH]1)c1cccc(F)c1. The number of H-pyrrole nitrogens is 1. The molecule has 0 radical (unpaired) electrons. The second-order valence-electron chi connectivity index (χ2n) is 5.13. The van der Waals surface area contributed by atoms with E-state index in [9.17, 15) is 14.0 Å². The highest BCUT2D eigenvalue weighted by Gasteiger charge is 2.32. The van der Waals surface area contributed by atoms with Crippen molar-refractivity contribution in [3.05, 3.63) is 59.7 Å². The lowest BCUT2D eigenvalue weighted by Gasteiger charge is -2.30. The van der Waals surface area contributed by atoms with Crippen molar-refractivity contribution in [3.8, 4) is 0 Å². The second kappa shape index (κ2) is 6.43. The molecule has 5 nitrogen and oxygen atoms in total. The van der Waals surface area contributed by atoms with Crippen LogP contribution in [0.2, 0.25) is 0 Å². The highest BCUT2D eigenvalue weighted by Crippen LogP contribution is 2.26. The molecule has 0 spiro atoms. The molecule has 0 saturated heterocycles. The molecule has 1 atom stereocenters. The predicted octanol–water partition coefficient (Wildman–Crippen LogP) is 2.36. The van der Waals surface area contributed by atoms with Crippen LogP contribution in [0.4, 0.5) is 4.39 Å². The predicted molar refractivity (Wildman–Crippen MR) is 78.6 cm³/mol. The van der Waals surface area contributed by atoms with Crippen LogP contribution in [0.1, 0.15) is 29.4 Å². The number of amides is 1. The van der Waals surface area contributed by atoms with E-state index in [1.54, 1.807) is 31.3 Å². The Hall–Kier alpha value is -2.63. The molecule has 22 heavy (non-hydrogen) atoms. The van der Waals surface area contributed by atoms with Crippen LogP contribution in [0.15, 0.2) is 42.6 Å². The van der Waals surface area contributed by atoms with Crippen LogP contribution in [0.25, 0.3) is 0 Å². The summed E-state index contributed by atoms with van der Waals surface area (Å²) in [6.45, 7) is 1.65. The first-order valence-corrected chi connectivity index (χ1v) is 6.73. The summed E-state index contributed by atoms with van der Waals surface area (Å²) in [5.74, 6) is -1.33. The standard InChI is InChI=1S/C16H17FN2O3/c1-16(10-14(20)22-2,11-5-3-6-12(17)9-11)19-15(21)13-7-4-8-18-13/h3-9,18H,10H2,1-2H3,(H,19,21). The van der Waals surface area contributed by atoms with Crippen LogP contribution in [0.5, 0.6) is 0 Å². The van der Waals surface area contributed by atoms with Gasteiger partial charge in [-0.2, -0.15) is 0 Å². The number of hydrogen-bond acceptors (Lipinski definition) is 3. The molecule has 1 aromatic heterocycles. The molecule has 1 aromatic carbocycles. The van der Waals surface area contributed by atoms with E-state index >= 15 is 0 Å². The highest BCUT2D eigenvalue weighted by molar-refractivity contribution is 5.93. The summed E-state index contributed by atoms with van der Waals surface area (Å²) in [5.41, 5.74) is -0.248. The fourth-order valence-corrected chi connectivity index (χ4v) is 2.20. The largest absolute Gasteiger partial charge is 0.469 e. The quantitative estimate of drug-likeness (QED) is 0.833. The van der Waals surface area contributed by atoms with E-state index < -0.39 is 17.3 Å². The molecule has 1 amide bonds. The van der Waals surface area contributed by atoms with E-state index in [2.05, 4.69) is 15.0 Å². The van der Waals surface area contributed by atoms with Gasteiger partial charge in [-0.1, -0.05) is 12.1 Å². The van der Waals surface area contributed by atoms with E-state index in [1.807, 2.05) is 0 Å². The minimum Gasteiger partial charge on any atom is -0.469 e. The Kier molecular flexibility index (Phi) is 4.60. The fourth-order valence-electron chi connectivity index (χ4n) is 2.20. The van der Waals surface area contributed by atoms with E-state index in [0.717, 1.165) is 0 Å². The molecule has 2 aromatic rings. The van der Waals surface area contributed by atoms with Crippen molar-refractivity contribution in [2.75, 3.05) is 7.11 Å². The molecule has 0 fully saturated rings. The minimum atomic E-state index is -1.09. The number of carbonyl (C=O) groups is 2. The van der Waals surface area contributed by atoms with Crippen LogP contribution in [0.3, 0.4) is 0 Å². The van der Waals surface area contributed by atoms with Crippen molar-refractivity contribution in [2.45, 2.75) is 18.9 Å². The van der Waals surface area contributed by atoms with Gasteiger partial charge < -0.3 is 15.0 Å². The smallest absolute Gasteiger partial charge is 0.308 e. The van der Waals surface area contributed by atoms with Gasteiger partial charge in [-0.3, -0.25) is 9.59 Å². The average Bonchev–Trinajstić information content (AvgIpc) is 3.01. The number of aromatic amines is 1. The highest BCUT2D eigenvalue weighted by atomic mass is 19.1. The van der Waals surface area contributed by atoms with Gasteiger partial charge in [0, 0.05) is 6.20 Å². The maximum atomic E-state index is 13.5. The maximum absolute atomic E-state index is 13.5. The van der Waals surface area contributed by atoms with Gasteiger partial charge in [-0.05, 0) is 36.8 Å². The average molecular weight is 304 g/mol. The first-order chi connectivity index (χ1) is 10.4. The number of rotatable bonds is 5. The van der Waals surface area contributed by atoms with Gasteiger partial charge >= 0.3 is 5.97 Å². The third-order valence-electron chi connectivity index (χ3n) is 3.42. The Balaban J connectivity index is 2.33. The van der Waals surface area contributed by atoms with Crippen molar-refractivity contribution in [2.24, 2.45) is 0 Å². The lowest BCUT2D eigenvalue weighted by Crippen LogP contribution is -2.45. The maximum Gasteiger partial charge on any atom is 0.308 e. The van der Waals surface area contributed by atoms with Gasteiger partial charge in [-0.25, -0.2) is 4.39 Å². The summed E-state index contributed by atoms with van der Waals surface area (Å²) >= 11 is 0. The molecule has 1 heterocycles. The fraction of sp³-hybridized carbons (Fsp3) is 0.250. The summed E-state index contributed by atoms with van der Waals surface area (Å²) in [7, 11) is 1.27. The number of carbonyl (C=O) groups excluding carboxylic acids is 2. The number of nitrogens with one attached hydrogen (secondary N) is 2. The van der Waals surface area contributed by atoms with E-state index in [0.29, 0.717) is 11.3 Å². The molecule has 0 aliphatic rings. The van der Waals surface area contributed by atoms with Gasteiger partial charge in [0.25, 0.3) is 5.91 Å². The Morgan fingerprint density at radius 3 is 2.68 bits per heavy atom. The van der Waals surface area contributed by atoms with Gasteiger partial charge in [0.2, 0.25) is 0 Å². The first-order valence-electron chi connectivity index (χ1n) is 6.73. The Bertz CT molecular complexity index is 670. The molecule has 2 N–H and O–H groups in total. The van der Waals surface area contributed by atoms with Crippen LogP contribution < -0.4 is 5.32 Å². The molecule has 0 bridgehead atoms. The molecule has 116 valence electrons. The molecule has 0 saturated carbocycles. The number of benzene rings is 1. The van der Waals surface area contributed by atoms with E-state index in [1.165, 1.54) is 25.3 Å². The molecule has 2 rings (SSSR count).